The van der Waals surface area contributed by atoms with Gasteiger partial charge in [0.25, 0.3) is 0 Å². The molecule has 1 unspecified atom stereocenters. The summed E-state index contributed by atoms with van der Waals surface area (Å²) in [4.78, 5) is 21.9. The summed E-state index contributed by atoms with van der Waals surface area (Å²) in [6.07, 6.45) is 3.40. The average Bonchev–Trinajstić information content (AvgIpc) is 2.20. The monoisotopic (exact) mass is 208 g/mol. The van der Waals surface area contributed by atoms with Crippen molar-refractivity contribution >= 4 is 11.6 Å². The van der Waals surface area contributed by atoms with Crippen LogP contribution in [0, 0.1) is 0 Å². The Kier molecular flexibility index (Phi) is 3.57. The van der Waals surface area contributed by atoms with Crippen LogP contribution in [0.3, 0.4) is 0 Å². The van der Waals surface area contributed by atoms with Gasteiger partial charge >= 0.3 is 0 Å². The van der Waals surface area contributed by atoms with Crippen LogP contribution in [0.4, 0.5) is 0 Å². The third-order valence-corrected chi connectivity index (χ3v) is 2.10. The fraction of sp³-hybridized carbons (Fsp3) is 0.273. The zero-order chi connectivity index (χ0) is 11.4. The Labute approximate surface area is 87.2 Å². The van der Waals surface area contributed by atoms with Crippen LogP contribution in [-0.2, 0) is 9.59 Å². The quantitative estimate of drug-likeness (QED) is 0.407. The second kappa shape index (κ2) is 4.70. The van der Waals surface area contributed by atoms with Crippen molar-refractivity contribution in [3.8, 4) is 0 Å². The number of allylic oxidation sites excluding steroid dienone is 3. The molecule has 0 aromatic rings. The van der Waals surface area contributed by atoms with Gasteiger partial charge in [0.2, 0.25) is 11.6 Å². The van der Waals surface area contributed by atoms with E-state index in [1.165, 1.54) is 0 Å². The standard InChI is InChI=1S/C11H12O4/c1-2-3-4-8(12)7-5-10(14)11(15)6-9(7)13/h2,5-6,8,12-13H,1,3-4H2. The van der Waals surface area contributed by atoms with Crippen LogP contribution in [-0.4, -0.2) is 27.9 Å². The fourth-order valence-electron chi connectivity index (χ4n) is 1.26. The molecule has 0 aromatic heterocycles. The van der Waals surface area contributed by atoms with Crippen molar-refractivity contribution in [2.24, 2.45) is 0 Å². The van der Waals surface area contributed by atoms with Crippen LogP contribution in [0.1, 0.15) is 12.8 Å². The second-order valence-electron chi connectivity index (χ2n) is 3.24. The number of carbonyl (C=O) groups excluding carboxylic acids is 2. The predicted octanol–water partition coefficient (Wildman–Crippen LogP) is 0.834. The summed E-state index contributed by atoms with van der Waals surface area (Å²) >= 11 is 0. The first kappa shape index (κ1) is 11.4. The maximum atomic E-state index is 11.0. The van der Waals surface area contributed by atoms with Crippen LogP contribution >= 0.6 is 0 Å². The summed E-state index contributed by atoms with van der Waals surface area (Å²) in [6, 6.07) is 0. The number of ketones is 2. The molecular formula is C11H12O4. The molecule has 1 aliphatic rings. The molecule has 0 heterocycles. The highest BCUT2D eigenvalue weighted by Crippen LogP contribution is 2.19. The molecule has 80 valence electrons. The third-order valence-electron chi connectivity index (χ3n) is 2.10. The van der Waals surface area contributed by atoms with Crippen molar-refractivity contribution in [2.45, 2.75) is 18.9 Å². The molecule has 1 rings (SSSR count). The smallest absolute Gasteiger partial charge is 0.229 e. The Morgan fingerprint density at radius 3 is 2.53 bits per heavy atom. The van der Waals surface area contributed by atoms with Crippen LogP contribution in [0.5, 0.6) is 0 Å². The van der Waals surface area contributed by atoms with E-state index in [0.29, 0.717) is 12.8 Å². The first-order chi connectivity index (χ1) is 7.06. The molecule has 0 bridgehead atoms. The molecule has 0 fully saturated rings. The lowest BCUT2D eigenvalue weighted by molar-refractivity contribution is -0.131. The van der Waals surface area contributed by atoms with Crippen LogP contribution in [0.2, 0.25) is 0 Å². The van der Waals surface area contributed by atoms with Crippen molar-refractivity contribution in [1.29, 1.82) is 0 Å². The molecule has 0 saturated carbocycles. The number of carbonyl (C=O) groups is 2. The van der Waals surface area contributed by atoms with Crippen LogP contribution < -0.4 is 0 Å². The molecular weight excluding hydrogens is 196 g/mol. The van der Waals surface area contributed by atoms with Crippen molar-refractivity contribution in [2.75, 3.05) is 0 Å². The molecule has 4 heteroatoms. The van der Waals surface area contributed by atoms with Gasteiger partial charge in [-0.15, -0.1) is 6.58 Å². The van der Waals surface area contributed by atoms with Gasteiger partial charge in [-0.2, -0.15) is 0 Å². The van der Waals surface area contributed by atoms with Crippen molar-refractivity contribution in [1.82, 2.24) is 0 Å². The highest BCUT2D eigenvalue weighted by atomic mass is 16.3. The Hall–Kier alpha value is -1.68. The average molecular weight is 208 g/mol. The molecule has 0 radical (unpaired) electrons. The zero-order valence-electron chi connectivity index (χ0n) is 8.14. The lowest BCUT2D eigenvalue weighted by atomic mass is 9.96. The Morgan fingerprint density at radius 2 is 1.93 bits per heavy atom. The van der Waals surface area contributed by atoms with E-state index in [2.05, 4.69) is 6.58 Å². The minimum absolute atomic E-state index is 0.0986. The molecule has 15 heavy (non-hydrogen) atoms. The molecule has 2 N–H and O–H groups in total. The summed E-state index contributed by atoms with van der Waals surface area (Å²) in [5.41, 5.74) is 0.0986. The third kappa shape index (κ3) is 2.63. The largest absolute Gasteiger partial charge is 0.507 e. The Morgan fingerprint density at radius 1 is 1.33 bits per heavy atom. The minimum Gasteiger partial charge on any atom is -0.507 e. The van der Waals surface area contributed by atoms with Gasteiger partial charge in [-0.1, -0.05) is 6.08 Å². The summed E-state index contributed by atoms with van der Waals surface area (Å²) in [7, 11) is 0. The van der Waals surface area contributed by atoms with Gasteiger partial charge in [0.05, 0.1) is 6.10 Å². The lowest BCUT2D eigenvalue weighted by Gasteiger charge is -2.15. The highest BCUT2D eigenvalue weighted by Gasteiger charge is 2.23. The number of hydrogen-bond donors (Lipinski definition) is 2. The van der Waals surface area contributed by atoms with Crippen LogP contribution in [0.15, 0.2) is 36.1 Å². The number of aliphatic hydroxyl groups excluding tert-OH is 2. The van der Waals surface area contributed by atoms with E-state index in [4.69, 9.17) is 0 Å². The van der Waals surface area contributed by atoms with Gasteiger partial charge in [0.1, 0.15) is 5.76 Å². The second-order valence-corrected chi connectivity index (χ2v) is 3.24. The van der Waals surface area contributed by atoms with Gasteiger partial charge in [-0.25, -0.2) is 0 Å². The molecule has 0 saturated heterocycles. The van der Waals surface area contributed by atoms with Gasteiger partial charge in [0.15, 0.2) is 0 Å². The van der Waals surface area contributed by atoms with Crippen molar-refractivity contribution < 1.29 is 19.8 Å². The van der Waals surface area contributed by atoms with Crippen LogP contribution in [0.25, 0.3) is 0 Å². The summed E-state index contributed by atoms with van der Waals surface area (Å²) < 4.78 is 0. The van der Waals surface area contributed by atoms with Crippen molar-refractivity contribution in [3.05, 3.63) is 36.1 Å². The fourth-order valence-corrected chi connectivity index (χ4v) is 1.26. The number of aliphatic hydroxyl groups is 2. The van der Waals surface area contributed by atoms with E-state index < -0.39 is 17.7 Å². The molecule has 1 atom stereocenters. The molecule has 0 aromatic carbocycles. The van der Waals surface area contributed by atoms with Gasteiger partial charge in [-0.05, 0) is 18.9 Å². The van der Waals surface area contributed by atoms with Gasteiger partial charge in [0, 0.05) is 11.6 Å². The summed E-state index contributed by atoms with van der Waals surface area (Å²) in [6.45, 7) is 3.50. The zero-order valence-corrected chi connectivity index (χ0v) is 8.14. The maximum absolute atomic E-state index is 11.0. The predicted molar refractivity (Wildman–Crippen MR) is 54.2 cm³/mol. The number of rotatable bonds is 4. The maximum Gasteiger partial charge on any atom is 0.229 e. The summed E-state index contributed by atoms with van der Waals surface area (Å²) in [5.74, 6) is -1.83. The first-order valence-corrected chi connectivity index (χ1v) is 4.56. The van der Waals surface area contributed by atoms with Crippen molar-refractivity contribution in [3.63, 3.8) is 0 Å². The topological polar surface area (TPSA) is 74.6 Å². The summed E-state index contributed by atoms with van der Waals surface area (Å²) in [5, 5.41) is 19.0. The molecule has 4 nitrogen and oxygen atoms in total. The van der Waals surface area contributed by atoms with E-state index in [9.17, 15) is 19.8 Å². The SMILES string of the molecule is C=CCCC(O)C1=CC(=O)C(=O)C=C1O. The van der Waals surface area contributed by atoms with E-state index in [1.54, 1.807) is 6.08 Å². The molecule has 1 aliphatic carbocycles. The molecule has 0 amide bonds. The Balaban J connectivity index is 2.81. The highest BCUT2D eigenvalue weighted by molar-refractivity contribution is 6.46. The lowest BCUT2D eigenvalue weighted by Crippen LogP contribution is -2.21. The number of hydrogen-bond acceptors (Lipinski definition) is 4. The normalized spacial score (nSPS) is 18.2. The molecule has 0 aliphatic heterocycles. The minimum atomic E-state index is -0.948. The van der Waals surface area contributed by atoms with E-state index in [-0.39, 0.29) is 11.3 Å². The Bertz CT molecular complexity index is 363. The van der Waals surface area contributed by atoms with E-state index >= 15 is 0 Å². The van der Waals surface area contributed by atoms with Gasteiger partial charge < -0.3 is 10.2 Å². The molecule has 0 spiro atoms. The van der Waals surface area contributed by atoms with E-state index in [1.807, 2.05) is 0 Å². The van der Waals surface area contributed by atoms with Gasteiger partial charge in [-0.3, -0.25) is 9.59 Å². The first-order valence-electron chi connectivity index (χ1n) is 4.56. The van der Waals surface area contributed by atoms with E-state index in [0.717, 1.165) is 12.2 Å².